The van der Waals surface area contributed by atoms with E-state index < -0.39 is 11.7 Å². The third-order valence-electron chi connectivity index (χ3n) is 3.32. The number of nitrogens with one attached hydrogen (secondary N) is 1. The number of carbonyl (C=O) groups is 1. The van der Waals surface area contributed by atoms with E-state index in [9.17, 15) is 9.18 Å². The van der Waals surface area contributed by atoms with Crippen molar-refractivity contribution in [2.24, 2.45) is 0 Å². The van der Waals surface area contributed by atoms with Gasteiger partial charge in [0.2, 0.25) is 0 Å². The van der Waals surface area contributed by atoms with Gasteiger partial charge in [-0.05, 0) is 32.0 Å². The highest BCUT2D eigenvalue weighted by Crippen LogP contribution is 2.26. The van der Waals surface area contributed by atoms with E-state index in [2.05, 4.69) is 5.32 Å². The Morgan fingerprint density at radius 2 is 1.95 bits per heavy atom. The van der Waals surface area contributed by atoms with Crippen LogP contribution in [-0.4, -0.2) is 13.0 Å². The molecular weight excluding hydrogens is 269 g/mol. The van der Waals surface area contributed by atoms with E-state index in [1.807, 2.05) is 32.0 Å². The molecule has 0 aliphatic heterocycles. The minimum absolute atomic E-state index is 0.0379. The minimum atomic E-state index is -0.529. The summed E-state index contributed by atoms with van der Waals surface area (Å²) in [7, 11) is 1.58. The first-order valence-electron chi connectivity index (χ1n) is 6.73. The number of methoxy groups -OCH3 is 1. The van der Waals surface area contributed by atoms with Crippen molar-refractivity contribution in [3.05, 3.63) is 65.0 Å². The molecule has 1 amide bonds. The summed E-state index contributed by atoms with van der Waals surface area (Å²) in [6, 6.07) is 11.4. The van der Waals surface area contributed by atoms with Crippen LogP contribution in [0.3, 0.4) is 0 Å². The summed E-state index contributed by atoms with van der Waals surface area (Å²) < 4.78 is 18.9. The molecule has 0 spiro atoms. The van der Waals surface area contributed by atoms with E-state index in [0.29, 0.717) is 5.75 Å². The fourth-order valence-corrected chi connectivity index (χ4v) is 2.19. The molecule has 0 aromatic heterocycles. The van der Waals surface area contributed by atoms with Crippen molar-refractivity contribution in [2.75, 3.05) is 7.11 Å². The molecule has 0 aliphatic rings. The molecule has 2 aromatic carbocycles. The van der Waals surface area contributed by atoms with E-state index in [1.165, 1.54) is 12.1 Å². The van der Waals surface area contributed by atoms with Crippen molar-refractivity contribution < 1.29 is 13.9 Å². The average molecular weight is 287 g/mol. The quantitative estimate of drug-likeness (QED) is 0.932. The predicted molar refractivity (Wildman–Crippen MR) is 80.0 cm³/mol. The third kappa shape index (κ3) is 3.40. The third-order valence-corrected chi connectivity index (χ3v) is 3.32. The highest BCUT2D eigenvalue weighted by molar-refractivity contribution is 5.94. The highest BCUT2D eigenvalue weighted by atomic mass is 19.1. The van der Waals surface area contributed by atoms with Gasteiger partial charge in [-0.3, -0.25) is 4.79 Å². The molecule has 1 atom stereocenters. The minimum Gasteiger partial charge on any atom is -0.496 e. The summed E-state index contributed by atoms with van der Waals surface area (Å²) in [5, 5.41) is 2.80. The maximum Gasteiger partial charge on any atom is 0.254 e. The molecular formula is C17H18FNO2. The van der Waals surface area contributed by atoms with Crippen LogP contribution in [0.2, 0.25) is 0 Å². The van der Waals surface area contributed by atoms with E-state index in [4.69, 9.17) is 4.74 Å². The first-order valence-corrected chi connectivity index (χ1v) is 6.73. The molecule has 0 bridgehead atoms. The van der Waals surface area contributed by atoms with Crippen LogP contribution in [0.25, 0.3) is 0 Å². The summed E-state index contributed by atoms with van der Waals surface area (Å²) in [6.07, 6.45) is 0. The number of carbonyl (C=O) groups excluding carboxylic acids is 1. The number of benzene rings is 2. The average Bonchev–Trinajstić information content (AvgIpc) is 2.47. The van der Waals surface area contributed by atoms with Crippen LogP contribution in [0.15, 0.2) is 42.5 Å². The molecule has 0 saturated heterocycles. The number of hydrogen-bond donors (Lipinski definition) is 1. The predicted octanol–water partition coefficient (Wildman–Crippen LogP) is 3.63. The first kappa shape index (κ1) is 15.0. The number of halogens is 1. The van der Waals surface area contributed by atoms with Gasteiger partial charge in [-0.2, -0.15) is 0 Å². The Bertz CT molecular complexity index is 655. The van der Waals surface area contributed by atoms with Crippen molar-refractivity contribution in [2.45, 2.75) is 19.9 Å². The van der Waals surface area contributed by atoms with Gasteiger partial charge in [-0.15, -0.1) is 0 Å². The maximum absolute atomic E-state index is 13.6. The van der Waals surface area contributed by atoms with Crippen LogP contribution in [0.5, 0.6) is 5.75 Å². The molecule has 0 fully saturated rings. The SMILES string of the molecule is COc1ccc(C)cc1[C@H](C)NC(=O)c1ccccc1F. The summed E-state index contributed by atoms with van der Waals surface area (Å²) in [4.78, 5) is 12.1. The Hall–Kier alpha value is -2.36. The summed E-state index contributed by atoms with van der Waals surface area (Å²) in [6.45, 7) is 3.81. The first-order chi connectivity index (χ1) is 10.0. The lowest BCUT2D eigenvalue weighted by Crippen LogP contribution is -2.27. The van der Waals surface area contributed by atoms with Crippen LogP contribution in [0.4, 0.5) is 4.39 Å². The molecule has 0 aliphatic carbocycles. The molecule has 110 valence electrons. The molecule has 0 saturated carbocycles. The summed E-state index contributed by atoms with van der Waals surface area (Å²) in [5.41, 5.74) is 1.97. The second-order valence-electron chi connectivity index (χ2n) is 4.92. The van der Waals surface area contributed by atoms with Gasteiger partial charge < -0.3 is 10.1 Å². The lowest BCUT2D eigenvalue weighted by Gasteiger charge is -2.18. The van der Waals surface area contributed by atoms with Crippen LogP contribution >= 0.6 is 0 Å². The van der Waals surface area contributed by atoms with E-state index in [1.54, 1.807) is 19.2 Å². The van der Waals surface area contributed by atoms with Gasteiger partial charge in [0.05, 0.1) is 18.7 Å². The van der Waals surface area contributed by atoms with E-state index in [0.717, 1.165) is 11.1 Å². The molecule has 0 unspecified atom stereocenters. The number of ether oxygens (including phenoxy) is 1. The van der Waals surface area contributed by atoms with Gasteiger partial charge in [0, 0.05) is 5.56 Å². The Morgan fingerprint density at radius 1 is 1.24 bits per heavy atom. The van der Waals surface area contributed by atoms with Crippen LogP contribution < -0.4 is 10.1 Å². The molecule has 2 aromatic rings. The summed E-state index contributed by atoms with van der Waals surface area (Å²) >= 11 is 0. The topological polar surface area (TPSA) is 38.3 Å². The molecule has 3 nitrogen and oxygen atoms in total. The number of amides is 1. The smallest absolute Gasteiger partial charge is 0.254 e. The van der Waals surface area contributed by atoms with Gasteiger partial charge in [-0.1, -0.05) is 29.8 Å². The number of hydrogen-bond acceptors (Lipinski definition) is 2. The van der Waals surface area contributed by atoms with Crippen LogP contribution in [-0.2, 0) is 0 Å². The monoisotopic (exact) mass is 287 g/mol. The molecule has 2 rings (SSSR count). The Labute approximate surface area is 123 Å². The Kier molecular flexibility index (Phi) is 4.58. The molecule has 0 radical (unpaired) electrons. The number of aryl methyl sites for hydroxylation is 1. The van der Waals surface area contributed by atoms with Crippen LogP contribution in [0.1, 0.15) is 34.5 Å². The zero-order chi connectivity index (χ0) is 15.4. The fourth-order valence-electron chi connectivity index (χ4n) is 2.19. The molecule has 0 heterocycles. The second kappa shape index (κ2) is 6.39. The van der Waals surface area contributed by atoms with E-state index >= 15 is 0 Å². The summed E-state index contributed by atoms with van der Waals surface area (Å²) in [5.74, 6) is -0.274. The number of rotatable bonds is 4. The Morgan fingerprint density at radius 3 is 2.62 bits per heavy atom. The van der Waals surface area contributed by atoms with Gasteiger partial charge >= 0.3 is 0 Å². The lowest BCUT2D eigenvalue weighted by molar-refractivity contribution is 0.0935. The van der Waals surface area contributed by atoms with E-state index in [-0.39, 0.29) is 11.6 Å². The largest absolute Gasteiger partial charge is 0.496 e. The van der Waals surface area contributed by atoms with Crippen molar-refractivity contribution in [1.82, 2.24) is 5.32 Å². The molecule has 1 N–H and O–H groups in total. The van der Waals surface area contributed by atoms with Gasteiger partial charge in [-0.25, -0.2) is 4.39 Å². The molecule has 21 heavy (non-hydrogen) atoms. The highest BCUT2D eigenvalue weighted by Gasteiger charge is 2.17. The van der Waals surface area contributed by atoms with Crippen LogP contribution in [0, 0.1) is 12.7 Å². The second-order valence-corrected chi connectivity index (χ2v) is 4.92. The zero-order valence-electron chi connectivity index (χ0n) is 12.3. The van der Waals surface area contributed by atoms with Crippen molar-refractivity contribution in [3.8, 4) is 5.75 Å². The normalized spacial score (nSPS) is 11.8. The lowest BCUT2D eigenvalue weighted by atomic mass is 10.0. The van der Waals surface area contributed by atoms with Crippen molar-refractivity contribution >= 4 is 5.91 Å². The Balaban J connectivity index is 2.22. The van der Waals surface area contributed by atoms with Crippen molar-refractivity contribution in [3.63, 3.8) is 0 Å². The van der Waals surface area contributed by atoms with Gasteiger partial charge in [0.15, 0.2) is 0 Å². The van der Waals surface area contributed by atoms with Gasteiger partial charge in [0.1, 0.15) is 11.6 Å². The van der Waals surface area contributed by atoms with Crippen molar-refractivity contribution in [1.29, 1.82) is 0 Å². The zero-order valence-corrected chi connectivity index (χ0v) is 12.3. The fraction of sp³-hybridized carbons (Fsp3) is 0.235. The molecule has 4 heteroatoms. The van der Waals surface area contributed by atoms with Gasteiger partial charge in [0.25, 0.3) is 5.91 Å². The standard InChI is InChI=1S/C17H18FNO2/c1-11-8-9-16(21-3)14(10-11)12(2)19-17(20)13-6-4-5-7-15(13)18/h4-10,12H,1-3H3,(H,19,20)/t12-/m0/s1. The maximum atomic E-state index is 13.6.